The molecule has 7 nitrogen and oxygen atoms in total. The Labute approximate surface area is 184 Å². The maximum absolute atomic E-state index is 14.3. The van der Waals surface area contributed by atoms with Crippen molar-refractivity contribution in [1.82, 2.24) is 4.98 Å². The number of benzene rings is 3. The molecule has 0 spiro atoms. The molecule has 0 unspecified atom stereocenters. The Morgan fingerprint density at radius 1 is 0.970 bits per heavy atom. The molecule has 0 saturated heterocycles. The minimum atomic E-state index is -1.05. The highest BCUT2D eigenvalue weighted by Gasteiger charge is 2.18. The predicted molar refractivity (Wildman–Crippen MR) is 112 cm³/mol. The summed E-state index contributed by atoms with van der Waals surface area (Å²) < 4.78 is 51.5. The Morgan fingerprint density at radius 2 is 1.67 bits per heavy atom. The Morgan fingerprint density at radius 3 is 2.33 bits per heavy atom. The Hall–Kier alpha value is -4.34. The Bertz CT molecular complexity index is 1340. The minimum absolute atomic E-state index is 0.0498. The summed E-state index contributed by atoms with van der Waals surface area (Å²) in [6.07, 6.45) is -0.977. The maximum Gasteiger partial charge on any atom is 0.513 e. The number of aromatic amines is 1. The Balaban J connectivity index is 1.52. The van der Waals surface area contributed by atoms with Gasteiger partial charge in [0.05, 0.1) is 17.0 Å². The summed E-state index contributed by atoms with van der Waals surface area (Å²) >= 11 is 0. The molecule has 10 heteroatoms. The van der Waals surface area contributed by atoms with Gasteiger partial charge in [-0.3, -0.25) is 10.1 Å². The van der Waals surface area contributed by atoms with Gasteiger partial charge in [-0.05, 0) is 53.6 Å². The smallest absolute Gasteiger partial charge is 0.434 e. The van der Waals surface area contributed by atoms with Crippen molar-refractivity contribution in [2.75, 3.05) is 6.61 Å². The van der Waals surface area contributed by atoms with Crippen LogP contribution >= 0.6 is 0 Å². The van der Waals surface area contributed by atoms with Crippen LogP contribution in [-0.4, -0.2) is 22.7 Å². The van der Waals surface area contributed by atoms with Crippen LogP contribution in [0, 0.1) is 27.6 Å². The number of hydrogen-bond donors (Lipinski definition) is 1. The molecule has 0 bridgehead atoms. The van der Waals surface area contributed by atoms with Crippen LogP contribution in [0.3, 0.4) is 0 Å². The topological polar surface area (TPSA) is 94.5 Å². The summed E-state index contributed by atoms with van der Waals surface area (Å²) in [5.74, 6) is -1.97. The van der Waals surface area contributed by atoms with E-state index in [1.54, 1.807) is 0 Å². The number of nitro groups is 1. The third kappa shape index (κ3) is 4.79. The first-order chi connectivity index (χ1) is 15.8. The molecular weight excluding hydrogens is 441 g/mol. The second-order valence-electron chi connectivity index (χ2n) is 7.00. The normalized spacial score (nSPS) is 10.9. The van der Waals surface area contributed by atoms with Crippen LogP contribution in [0.15, 0.2) is 60.7 Å². The maximum atomic E-state index is 14.3. The van der Waals surface area contributed by atoms with Crippen LogP contribution in [0.25, 0.3) is 22.2 Å². The number of rotatable bonds is 6. The number of nitrogens with one attached hydrogen (secondary N) is 1. The molecule has 0 aliphatic rings. The van der Waals surface area contributed by atoms with Crippen molar-refractivity contribution in [3.63, 3.8) is 0 Å². The molecule has 0 aliphatic carbocycles. The number of nitrogens with zero attached hydrogens (tertiary/aromatic N) is 1. The lowest BCUT2D eigenvalue weighted by molar-refractivity contribution is -0.384. The zero-order chi connectivity index (χ0) is 23.5. The van der Waals surface area contributed by atoms with E-state index in [4.69, 9.17) is 9.47 Å². The molecule has 0 fully saturated rings. The quantitative estimate of drug-likeness (QED) is 0.168. The zero-order valence-corrected chi connectivity index (χ0v) is 16.8. The second-order valence-corrected chi connectivity index (χ2v) is 7.00. The number of nitro benzene ring substituents is 1. The standard InChI is InChI=1S/C23H15F3N2O5/c24-14-3-1-13(2-4-14)21-18(19-11-15(25)12-20(26)22(19)27-21)9-10-32-23(29)33-17-7-5-16(6-8-17)28(30)31/h1-8,11-12,27H,9-10H2. The third-order valence-corrected chi connectivity index (χ3v) is 4.89. The van der Waals surface area contributed by atoms with Gasteiger partial charge in [0.1, 0.15) is 23.2 Å². The molecule has 4 rings (SSSR count). The van der Waals surface area contributed by atoms with E-state index in [0.29, 0.717) is 16.8 Å². The van der Waals surface area contributed by atoms with Gasteiger partial charge >= 0.3 is 6.16 Å². The highest BCUT2D eigenvalue weighted by atomic mass is 19.1. The largest absolute Gasteiger partial charge is 0.513 e. The third-order valence-electron chi connectivity index (χ3n) is 4.89. The molecule has 3 aromatic carbocycles. The van der Waals surface area contributed by atoms with Gasteiger partial charge in [0.2, 0.25) is 0 Å². The molecule has 1 aromatic heterocycles. The highest BCUT2D eigenvalue weighted by molar-refractivity contribution is 5.91. The average Bonchev–Trinajstić information content (AvgIpc) is 3.13. The van der Waals surface area contributed by atoms with Gasteiger partial charge < -0.3 is 14.5 Å². The van der Waals surface area contributed by atoms with Gasteiger partial charge in [0.25, 0.3) is 5.69 Å². The molecular formula is C23H15F3N2O5. The predicted octanol–water partition coefficient (Wildman–Crippen LogP) is 5.92. The van der Waals surface area contributed by atoms with Gasteiger partial charge in [-0.25, -0.2) is 18.0 Å². The molecule has 0 saturated carbocycles. The number of carbonyl (C=O) groups is 1. The minimum Gasteiger partial charge on any atom is -0.434 e. The molecule has 33 heavy (non-hydrogen) atoms. The average molecular weight is 456 g/mol. The van der Waals surface area contributed by atoms with Crippen molar-refractivity contribution in [2.24, 2.45) is 0 Å². The van der Waals surface area contributed by atoms with Gasteiger partial charge in [-0.15, -0.1) is 0 Å². The van der Waals surface area contributed by atoms with Crippen molar-refractivity contribution >= 4 is 22.7 Å². The number of aromatic nitrogens is 1. The number of H-pyrrole nitrogens is 1. The van der Waals surface area contributed by atoms with Crippen LogP contribution < -0.4 is 4.74 Å². The lowest BCUT2D eigenvalue weighted by atomic mass is 10.0. The first kappa shape index (κ1) is 21.9. The fourth-order valence-electron chi connectivity index (χ4n) is 3.39. The van der Waals surface area contributed by atoms with Gasteiger partial charge in [0, 0.05) is 35.7 Å². The van der Waals surface area contributed by atoms with Crippen LogP contribution in [0.5, 0.6) is 5.75 Å². The van der Waals surface area contributed by atoms with Crippen LogP contribution in [0.4, 0.5) is 23.7 Å². The second kappa shape index (κ2) is 9.03. The molecule has 4 aromatic rings. The van der Waals surface area contributed by atoms with E-state index in [9.17, 15) is 28.1 Å². The van der Waals surface area contributed by atoms with E-state index >= 15 is 0 Å². The molecule has 0 aliphatic heterocycles. The summed E-state index contributed by atoms with van der Waals surface area (Å²) in [6.45, 7) is -0.189. The summed E-state index contributed by atoms with van der Waals surface area (Å²) in [7, 11) is 0. The number of hydrogen-bond acceptors (Lipinski definition) is 5. The van der Waals surface area contributed by atoms with Crippen molar-refractivity contribution in [3.05, 3.63) is 93.8 Å². The fourth-order valence-corrected chi connectivity index (χ4v) is 3.39. The summed E-state index contributed by atoms with van der Waals surface area (Å²) in [6, 6.07) is 12.2. The summed E-state index contributed by atoms with van der Waals surface area (Å²) in [5.41, 5.74) is 1.35. The van der Waals surface area contributed by atoms with E-state index in [2.05, 4.69) is 4.98 Å². The highest BCUT2D eigenvalue weighted by Crippen LogP contribution is 2.33. The molecule has 1 heterocycles. The van der Waals surface area contributed by atoms with E-state index in [-0.39, 0.29) is 35.4 Å². The van der Waals surface area contributed by atoms with Gasteiger partial charge in [-0.2, -0.15) is 0 Å². The lowest BCUT2D eigenvalue weighted by Crippen LogP contribution is -2.12. The molecule has 0 atom stereocenters. The van der Waals surface area contributed by atoms with E-state index < -0.39 is 28.5 Å². The zero-order valence-electron chi connectivity index (χ0n) is 16.8. The van der Waals surface area contributed by atoms with Crippen LogP contribution in [0.2, 0.25) is 0 Å². The first-order valence-corrected chi connectivity index (χ1v) is 9.66. The van der Waals surface area contributed by atoms with E-state index in [1.807, 2.05) is 0 Å². The summed E-state index contributed by atoms with van der Waals surface area (Å²) in [5, 5.41) is 10.9. The fraction of sp³-hybridized carbons (Fsp3) is 0.0870. The molecule has 0 radical (unpaired) electrons. The monoisotopic (exact) mass is 456 g/mol. The van der Waals surface area contributed by atoms with Gasteiger partial charge in [0.15, 0.2) is 0 Å². The number of ether oxygens (including phenoxy) is 2. The van der Waals surface area contributed by atoms with Crippen molar-refractivity contribution in [2.45, 2.75) is 6.42 Å². The SMILES string of the molecule is O=C(OCCc1c(-c2ccc(F)cc2)[nH]c2c(F)cc(F)cc12)Oc1ccc([N+](=O)[O-])cc1. The van der Waals surface area contributed by atoms with E-state index in [0.717, 1.165) is 12.1 Å². The van der Waals surface area contributed by atoms with Gasteiger partial charge in [-0.1, -0.05) is 0 Å². The molecule has 0 amide bonds. The van der Waals surface area contributed by atoms with Crippen LogP contribution in [0.1, 0.15) is 5.56 Å². The van der Waals surface area contributed by atoms with Crippen molar-refractivity contribution in [3.8, 4) is 17.0 Å². The number of non-ortho nitro benzene ring substituents is 1. The number of halogens is 3. The molecule has 1 N–H and O–H groups in total. The van der Waals surface area contributed by atoms with E-state index in [1.165, 1.54) is 48.5 Å². The van der Waals surface area contributed by atoms with Crippen molar-refractivity contribution in [1.29, 1.82) is 0 Å². The Kier molecular flexibility index (Phi) is 5.99. The summed E-state index contributed by atoms with van der Waals surface area (Å²) in [4.78, 5) is 25.0. The first-order valence-electron chi connectivity index (χ1n) is 9.66. The number of carbonyl (C=O) groups excluding carboxylic acids is 1. The lowest BCUT2D eigenvalue weighted by Gasteiger charge is -2.08. The van der Waals surface area contributed by atoms with Crippen LogP contribution in [-0.2, 0) is 11.2 Å². The van der Waals surface area contributed by atoms with Crippen molar-refractivity contribution < 1.29 is 32.4 Å². The number of fused-ring (bicyclic) bond motifs is 1. The molecule has 168 valence electrons.